The minimum absolute atomic E-state index is 0.277. The molecule has 0 bridgehead atoms. The van der Waals surface area contributed by atoms with Crippen molar-refractivity contribution < 1.29 is 9.26 Å². The maximum Gasteiger partial charge on any atom is 0.246 e. The first-order valence-corrected chi connectivity index (χ1v) is 5.74. The van der Waals surface area contributed by atoms with Gasteiger partial charge in [-0.25, -0.2) is 0 Å². The van der Waals surface area contributed by atoms with Crippen molar-refractivity contribution in [3.8, 4) is 0 Å². The maximum absolute atomic E-state index is 5.42. The van der Waals surface area contributed by atoms with Gasteiger partial charge in [-0.15, -0.1) is 0 Å². The molecule has 0 spiro atoms. The predicted octanol–water partition coefficient (Wildman–Crippen LogP) is 1.42. The van der Waals surface area contributed by atoms with Crippen molar-refractivity contribution in [3.63, 3.8) is 0 Å². The molecule has 1 atom stereocenters. The van der Waals surface area contributed by atoms with Gasteiger partial charge in [0.25, 0.3) is 0 Å². The summed E-state index contributed by atoms with van der Waals surface area (Å²) < 4.78 is 10.7. The van der Waals surface area contributed by atoms with E-state index < -0.39 is 0 Å². The highest BCUT2D eigenvalue weighted by atomic mass is 16.5. The zero-order valence-electron chi connectivity index (χ0n) is 10.1. The second-order valence-corrected chi connectivity index (χ2v) is 4.75. The predicted molar refractivity (Wildman–Crippen MR) is 59.2 cm³/mol. The molecule has 1 fully saturated rings. The van der Waals surface area contributed by atoms with Crippen molar-refractivity contribution in [3.05, 3.63) is 11.7 Å². The van der Waals surface area contributed by atoms with Crippen LogP contribution in [0.4, 0.5) is 0 Å². The average molecular weight is 225 g/mol. The van der Waals surface area contributed by atoms with Gasteiger partial charge in [0.1, 0.15) is 0 Å². The molecule has 1 saturated heterocycles. The van der Waals surface area contributed by atoms with Crippen LogP contribution in [0.15, 0.2) is 4.52 Å². The molecule has 2 heterocycles. The molecule has 0 amide bonds. The van der Waals surface area contributed by atoms with Gasteiger partial charge in [0.2, 0.25) is 5.89 Å². The topological polar surface area (TPSA) is 60.2 Å². The molecule has 5 heteroatoms. The summed E-state index contributed by atoms with van der Waals surface area (Å²) in [5, 5.41) is 7.19. The van der Waals surface area contributed by atoms with Crippen LogP contribution < -0.4 is 5.32 Å². The number of nitrogens with one attached hydrogen (secondary N) is 1. The highest BCUT2D eigenvalue weighted by molar-refractivity contribution is 5.02. The van der Waals surface area contributed by atoms with Crippen LogP contribution in [0.2, 0.25) is 0 Å². The summed E-state index contributed by atoms with van der Waals surface area (Å²) in [6.07, 6.45) is 2.16. The Labute approximate surface area is 95.6 Å². The van der Waals surface area contributed by atoms with Gasteiger partial charge in [-0.2, -0.15) is 4.98 Å². The van der Waals surface area contributed by atoms with Crippen molar-refractivity contribution in [2.24, 2.45) is 0 Å². The molecular formula is C11H19N3O2. The SMILES string of the molecule is CNC(C)(C)c1nc(C2CCCOC2)no1. The molecule has 1 aromatic rings. The Bertz CT molecular complexity index is 343. The van der Waals surface area contributed by atoms with Crippen molar-refractivity contribution in [2.45, 2.75) is 38.1 Å². The third-order valence-electron chi connectivity index (χ3n) is 3.13. The zero-order valence-corrected chi connectivity index (χ0v) is 10.1. The van der Waals surface area contributed by atoms with Gasteiger partial charge in [-0.05, 0) is 33.7 Å². The number of aromatic nitrogens is 2. The quantitative estimate of drug-likeness (QED) is 0.843. The van der Waals surface area contributed by atoms with E-state index in [1.165, 1.54) is 0 Å². The van der Waals surface area contributed by atoms with E-state index in [1.807, 2.05) is 20.9 Å². The Hall–Kier alpha value is -0.940. The summed E-state index contributed by atoms with van der Waals surface area (Å²) in [7, 11) is 1.88. The first-order valence-electron chi connectivity index (χ1n) is 5.74. The van der Waals surface area contributed by atoms with E-state index in [0.717, 1.165) is 25.3 Å². The van der Waals surface area contributed by atoms with Gasteiger partial charge in [0, 0.05) is 12.5 Å². The van der Waals surface area contributed by atoms with E-state index >= 15 is 0 Å². The molecule has 1 N–H and O–H groups in total. The molecule has 2 rings (SSSR count). The minimum Gasteiger partial charge on any atom is -0.381 e. The number of nitrogens with zero attached hydrogens (tertiary/aromatic N) is 2. The van der Waals surface area contributed by atoms with Crippen LogP contribution in [0.1, 0.15) is 44.3 Å². The number of hydrogen-bond donors (Lipinski definition) is 1. The standard InChI is InChI=1S/C11H19N3O2/c1-11(2,12-3)10-13-9(14-16-10)8-5-4-6-15-7-8/h8,12H,4-7H2,1-3H3. The van der Waals surface area contributed by atoms with E-state index in [1.54, 1.807) is 0 Å². The molecule has 0 aliphatic carbocycles. The van der Waals surface area contributed by atoms with Crippen LogP contribution in [0, 0.1) is 0 Å². The molecular weight excluding hydrogens is 206 g/mol. The van der Waals surface area contributed by atoms with Crippen LogP contribution in [-0.4, -0.2) is 30.4 Å². The fourth-order valence-corrected chi connectivity index (χ4v) is 1.71. The molecule has 1 aliphatic rings. The van der Waals surface area contributed by atoms with Crippen LogP contribution in [-0.2, 0) is 10.3 Å². The molecule has 1 aliphatic heterocycles. The Morgan fingerprint density at radius 2 is 2.25 bits per heavy atom. The molecule has 1 unspecified atom stereocenters. The molecule has 0 saturated carbocycles. The Morgan fingerprint density at radius 3 is 2.88 bits per heavy atom. The summed E-state index contributed by atoms with van der Waals surface area (Å²) in [6.45, 7) is 5.59. The normalized spacial score (nSPS) is 22.3. The lowest BCUT2D eigenvalue weighted by molar-refractivity contribution is 0.0773. The van der Waals surface area contributed by atoms with Gasteiger partial charge < -0.3 is 14.6 Å². The first kappa shape index (κ1) is 11.5. The van der Waals surface area contributed by atoms with Crippen LogP contribution in [0.5, 0.6) is 0 Å². The van der Waals surface area contributed by atoms with Crippen molar-refractivity contribution in [1.82, 2.24) is 15.5 Å². The summed E-state index contributed by atoms with van der Waals surface area (Å²) in [6, 6.07) is 0. The van der Waals surface area contributed by atoms with E-state index in [9.17, 15) is 0 Å². The average Bonchev–Trinajstić information content (AvgIpc) is 2.80. The number of ether oxygens (including phenoxy) is 1. The summed E-state index contributed by atoms with van der Waals surface area (Å²) in [5.74, 6) is 1.70. The molecule has 5 nitrogen and oxygen atoms in total. The lowest BCUT2D eigenvalue weighted by atomic mass is 10.0. The van der Waals surface area contributed by atoms with Gasteiger partial charge in [-0.1, -0.05) is 5.16 Å². The van der Waals surface area contributed by atoms with Crippen molar-refractivity contribution >= 4 is 0 Å². The van der Waals surface area contributed by atoms with E-state index in [2.05, 4.69) is 15.5 Å². The van der Waals surface area contributed by atoms with Gasteiger partial charge in [0.05, 0.1) is 12.1 Å². The second-order valence-electron chi connectivity index (χ2n) is 4.75. The number of rotatable bonds is 3. The summed E-state index contributed by atoms with van der Waals surface area (Å²) in [4.78, 5) is 4.46. The highest BCUT2D eigenvalue weighted by Gasteiger charge is 2.28. The fourth-order valence-electron chi connectivity index (χ4n) is 1.71. The highest BCUT2D eigenvalue weighted by Crippen LogP contribution is 2.25. The molecule has 1 aromatic heterocycles. The van der Waals surface area contributed by atoms with E-state index in [0.29, 0.717) is 18.4 Å². The Balaban J connectivity index is 2.12. The lowest BCUT2D eigenvalue weighted by Gasteiger charge is -2.19. The van der Waals surface area contributed by atoms with Crippen molar-refractivity contribution in [1.29, 1.82) is 0 Å². The fraction of sp³-hybridized carbons (Fsp3) is 0.818. The van der Waals surface area contributed by atoms with E-state index in [-0.39, 0.29) is 5.54 Å². The second kappa shape index (κ2) is 4.51. The van der Waals surface area contributed by atoms with Gasteiger partial charge in [0.15, 0.2) is 5.82 Å². The van der Waals surface area contributed by atoms with Crippen LogP contribution in [0.3, 0.4) is 0 Å². The molecule has 0 aromatic carbocycles. The minimum atomic E-state index is -0.277. The van der Waals surface area contributed by atoms with E-state index in [4.69, 9.17) is 9.26 Å². The smallest absolute Gasteiger partial charge is 0.246 e. The molecule has 90 valence electrons. The Morgan fingerprint density at radius 1 is 1.44 bits per heavy atom. The molecule has 16 heavy (non-hydrogen) atoms. The third kappa shape index (κ3) is 2.25. The summed E-state index contributed by atoms with van der Waals surface area (Å²) in [5.41, 5.74) is -0.277. The molecule has 0 radical (unpaired) electrons. The van der Waals surface area contributed by atoms with Crippen LogP contribution in [0.25, 0.3) is 0 Å². The van der Waals surface area contributed by atoms with Gasteiger partial charge >= 0.3 is 0 Å². The summed E-state index contributed by atoms with van der Waals surface area (Å²) >= 11 is 0. The van der Waals surface area contributed by atoms with Gasteiger partial charge in [-0.3, -0.25) is 0 Å². The third-order valence-corrected chi connectivity index (χ3v) is 3.13. The maximum atomic E-state index is 5.42. The first-order chi connectivity index (χ1) is 7.63. The number of hydrogen-bond acceptors (Lipinski definition) is 5. The monoisotopic (exact) mass is 225 g/mol. The van der Waals surface area contributed by atoms with Crippen LogP contribution >= 0.6 is 0 Å². The zero-order chi connectivity index (χ0) is 11.6. The Kier molecular flexibility index (Phi) is 3.25. The van der Waals surface area contributed by atoms with Crippen molar-refractivity contribution in [2.75, 3.05) is 20.3 Å². The largest absolute Gasteiger partial charge is 0.381 e. The lowest BCUT2D eigenvalue weighted by Crippen LogP contribution is -2.33.